The van der Waals surface area contributed by atoms with E-state index >= 15 is 0 Å². The van der Waals surface area contributed by atoms with Gasteiger partial charge in [-0.1, -0.05) is 176 Å². The van der Waals surface area contributed by atoms with E-state index in [1.807, 2.05) is 6.20 Å². The van der Waals surface area contributed by atoms with E-state index in [0.29, 0.717) is 0 Å². The number of nitrogens with zero attached hydrogens (tertiary/aromatic N) is 2. The summed E-state index contributed by atoms with van der Waals surface area (Å²) in [6, 6.07) is 78.4. The van der Waals surface area contributed by atoms with E-state index in [1.54, 1.807) is 0 Å². The van der Waals surface area contributed by atoms with Crippen LogP contribution >= 0.6 is 0 Å². The highest BCUT2D eigenvalue weighted by Crippen LogP contribution is 2.58. The highest BCUT2D eigenvalue weighted by atomic mass is 15.0. The van der Waals surface area contributed by atoms with E-state index in [0.717, 1.165) is 22.2 Å². The Hall–Kier alpha value is -8.33. The molecular formula is C61H36N2. The first-order valence-corrected chi connectivity index (χ1v) is 21.8. The zero-order valence-corrected chi connectivity index (χ0v) is 34.2. The summed E-state index contributed by atoms with van der Waals surface area (Å²) in [7, 11) is 0. The zero-order valence-electron chi connectivity index (χ0n) is 34.2. The van der Waals surface area contributed by atoms with Gasteiger partial charge in [-0.05, 0) is 146 Å². The minimum Gasteiger partial charge on any atom is -0.294 e. The van der Waals surface area contributed by atoms with Gasteiger partial charge >= 0.3 is 0 Å². The third-order valence-corrected chi connectivity index (χ3v) is 13.7. The fraction of sp³-hybridized carbons (Fsp3) is 0. The van der Waals surface area contributed by atoms with E-state index in [1.165, 1.54) is 115 Å². The minimum absolute atomic E-state index is 0.961. The summed E-state index contributed by atoms with van der Waals surface area (Å²) in [5.74, 6) is 0. The predicted molar refractivity (Wildman–Crippen MR) is 267 cm³/mol. The Morgan fingerprint density at radius 2 is 0.778 bits per heavy atom. The molecule has 290 valence electrons. The second-order valence-electron chi connectivity index (χ2n) is 16.9. The van der Waals surface area contributed by atoms with Gasteiger partial charge in [0, 0.05) is 22.7 Å². The van der Waals surface area contributed by atoms with Crippen molar-refractivity contribution in [3.8, 4) is 61.3 Å². The summed E-state index contributed by atoms with van der Waals surface area (Å²) in [6.07, 6.45) is 1.91. The maximum absolute atomic E-state index is 5.02. The van der Waals surface area contributed by atoms with E-state index < -0.39 is 0 Å². The van der Waals surface area contributed by atoms with Crippen molar-refractivity contribution in [2.24, 2.45) is 0 Å². The summed E-state index contributed by atoms with van der Waals surface area (Å²) in [6.45, 7) is 0. The van der Waals surface area contributed by atoms with Gasteiger partial charge in [0.05, 0.1) is 5.52 Å². The van der Waals surface area contributed by atoms with Gasteiger partial charge in [-0.3, -0.25) is 4.57 Å². The lowest BCUT2D eigenvalue weighted by Gasteiger charge is -2.20. The van der Waals surface area contributed by atoms with Gasteiger partial charge in [0.2, 0.25) is 0 Å². The van der Waals surface area contributed by atoms with E-state index in [9.17, 15) is 0 Å². The van der Waals surface area contributed by atoms with Crippen LogP contribution in [0.5, 0.6) is 0 Å². The molecule has 0 bridgehead atoms. The molecule has 0 N–H and O–H groups in total. The molecule has 2 heterocycles. The van der Waals surface area contributed by atoms with Gasteiger partial charge in [0.1, 0.15) is 5.65 Å². The van der Waals surface area contributed by atoms with Crippen LogP contribution in [0.15, 0.2) is 219 Å². The molecule has 2 heteroatoms. The molecule has 0 aliphatic heterocycles. The molecule has 2 nitrogen and oxygen atoms in total. The van der Waals surface area contributed by atoms with Crippen molar-refractivity contribution in [2.75, 3.05) is 0 Å². The molecule has 2 aromatic heterocycles. The van der Waals surface area contributed by atoms with Crippen LogP contribution in [0, 0.1) is 0 Å². The van der Waals surface area contributed by atoms with Crippen LogP contribution in [0.2, 0.25) is 0 Å². The summed E-state index contributed by atoms with van der Waals surface area (Å²) in [5.41, 5.74) is 15.9. The van der Waals surface area contributed by atoms with Crippen molar-refractivity contribution in [3.05, 3.63) is 219 Å². The van der Waals surface area contributed by atoms with Crippen LogP contribution in [0.4, 0.5) is 0 Å². The number of pyridine rings is 1. The Morgan fingerprint density at radius 3 is 1.40 bits per heavy atom. The van der Waals surface area contributed by atoms with Gasteiger partial charge in [-0.15, -0.1) is 0 Å². The first-order chi connectivity index (χ1) is 31.3. The van der Waals surface area contributed by atoms with Crippen molar-refractivity contribution < 1.29 is 0 Å². The molecule has 13 aromatic rings. The monoisotopic (exact) mass is 796 g/mol. The molecule has 63 heavy (non-hydrogen) atoms. The van der Waals surface area contributed by atoms with Crippen molar-refractivity contribution in [1.82, 2.24) is 9.55 Å². The van der Waals surface area contributed by atoms with Crippen LogP contribution in [-0.2, 0) is 0 Å². The van der Waals surface area contributed by atoms with Crippen LogP contribution in [0.3, 0.4) is 0 Å². The second kappa shape index (κ2) is 13.1. The van der Waals surface area contributed by atoms with E-state index in [-0.39, 0.29) is 0 Å². The molecule has 1 aliphatic rings. The van der Waals surface area contributed by atoms with Crippen molar-refractivity contribution >= 4 is 75.8 Å². The maximum Gasteiger partial charge on any atom is 0.145 e. The standard InChI is InChI=1S/C61H36N2/c1-3-15-38(16-4-1)56-47-23-11-12-24-48(47)57(39-17-5-2-6-18-39)60-51-33-32-41(46-25-13-26-50(58(46)51)59(56)60)37-28-30-40(31-29-37)63-55-36-53-45-22-10-8-20-43(45)42-19-7-9-21-44(42)52(53)35-54(55)49-27-14-34-62-61(49)63/h1-36H. The highest BCUT2D eigenvalue weighted by Gasteiger charge is 2.31. The van der Waals surface area contributed by atoms with Crippen molar-refractivity contribution in [2.45, 2.75) is 0 Å². The Labute approximate surface area is 363 Å². The molecule has 0 spiro atoms. The summed E-state index contributed by atoms with van der Waals surface area (Å²) < 4.78 is 2.35. The third-order valence-electron chi connectivity index (χ3n) is 13.7. The first kappa shape index (κ1) is 34.4. The van der Waals surface area contributed by atoms with Gasteiger partial charge < -0.3 is 0 Å². The van der Waals surface area contributed by atoms with Crippen LogP contribution in [0.1, 0.15) is 0 Å². The molecule has 0 saturated heterocycles. The SMILES string of the molecule is c1ccc(-c2c3c(c(-c4ccccc4)c4ccccc24)-c2ccc(-c4ccc(-n5c6cc7c8ccccc8c8ccccc8c7cc6c6cccnc65)cc4)c4cccc-3c24)cc1. The van der Waals surface area contributed by atoms with Crippen molar-refractivity contribution in [3.63, 3.8) is 0 Å². The molecular weight excluding hydrogens is 761 g/mol. The number of aromatic nitrogens is 2. The lowest BCUT2D eigenvalue weighted by Crippen LogP contribution is -1.95. The molecule has 0 atom stereocenters. The largest absolute Gasteiger partial charge is 0.294 e. The van der Waals surface area contributed by atoms with Crippen LogP contribution in [0.25, 0.3) is 137 Å². The number of hydrogen-bond acceptors (Lipinski definition) is 1. The Bertz CT molecular complexity index is 3960. The molecule has 0 saturated carbocycles. The molecule has 0 fully saturated rings. The minimum atomic E-state index is 0.961. The number of rotatable bonds is 4. The second-order valence-corrected chi connectivity index (χ2v) is 16.9. The van der Waals surface area contributed by atoms with Gasteiger partial charge in [-0.25, -0.2) is 4.98 Å². The van der Waals surface area contributed by atoms with Crippen LogP contribution < -0.4 is 0 Å². The van der Waals surface area contributed by atoms with E-state index in [4.69, 9.17) is 4.98 Å². The quantitative estimate of drug-likeness (QED) is 0.162. The van der Waals surface area contributed by atoms with Gasteiger partial charge in [0.25, 0.3) is 0 Å². The number of hydrogen-bond donors (Lipinski definition) is 0. The highest BCUT2D eigenvalue weighted by molar-refractivity contribution is 6.30. The topological polar surface area (TPSA) is 17.8 Å². The molecule has 0 radical (unpaired) electrons. The molecule has 0 unspecified atom stereocenters. The van der Waals surface area contributed by atoms with E-state index in [2.05, 4.69) is 217 Å². The Kier molecular flexibility index (Phi) is 7.14. The summed E-state index contributed by atoms with van der Waals surface area (Å²) >= 11 is 0. The van der Waals surface area contributed by atoms with Gasteiger partial charge in [-0.2, -0.15) is 0 Å². The average Bonchev–Trinajstić information content (AvgIpc) is 3.86. The zero-order chi connectivity index (χ0) is 41.2. The first-order valence-electron chi connectivity index (χ1n) is 21.8. The summed E-state index contributed by atoms with van der Waals surface area (Å²) in [5, 5.41) is 15.1. The molecule has 14 rings (SSSR count). The lowest BCUT2D eigenvalue weighted by atomic mass is 9.82. The predicted octanol–water partition coefficient (Wildman–Crippen LogP) is 16.6. The fourth-order valence-corrected chi connectivity index (χ4v) is 11.2. The number of fused-ring (bicyclic) bond motifs is 13. The Morgan fingerprint density at radius 1 is 0.286 bits per heavy atom. The fourth-order valence-electron chi connectivity index (χ4n) is 11.2. The number of benzene rings is 11. The Balaban J connectivity index is 0.978. The molecule has 0 amide bonds. The average molecular weight is 797 g/mol. The normalized spacial score (nSPS) is 12.1. The van der Waals surface area contributed by atoms with Crippen molar-refractivity contribution in [1.29, 1.82) is 0 Å². The molecule has 11 aromatic carbocycles. The van der Waals surface area contributed by atoms with Gasteiger partial charge in [0.15, 0.2) is 0 Å². The summed E-state index contributed by atoms with van der Waals surface area (Å²) in [4.78, 5) is 5.02. The molecule has 1 aliphatic carbocycles. The smallest absolute Gasteiger partial charge is 0.145 e. The van der Waals surface area contributed by atoms with Crippen LogP contribution in [-0.4, -0.2) is 9.55 Å². The lowest BCUT2D eigenvalue weighted by molar-refractivity contribution is 1.14. The third kappa shape index (κ3) is 4.81. The maximum atomic E-state index is 5.02.